The molecule has 0 fully saturated rings. The molecule has 202 valence electrons. The Morgan fingerprint density at radius 1 is 0.892 bits per heavy atom. The Hall–Kier alpha value is -2.43. The fourth-order valence-corrected chi connectivity index (χ4v) is 5.37. The molecular weight excluding hydrogens is 489 g/mol. The Morgan fingerprint density at radius 2 is 1.46 bits per heavy atom. The summed E-state index contributed by atoms with van der Waals surface area (Å²) in [5.74, 6) is 5.12. The first-order valence-corrected chi connectivity index (χ1v) is 19.2. The lowest BCUT2D eigenvalue weighted by Crippen LogP contribution is -2.45. The summed E-state index contributed by atoms with van der Waals surface area (Å²) in [5.41, 5.74) is 3.26. The van der Waals surface area contributed by atoms with Crippen molar-refractivity contribution in [2.24, 2.45) is 0 Å². The van der Waals surface area contributed by atoms with Crippen LogP contribution in [0.3, 0.4) is 0 Å². The molecule has 0 amide bonds. The first kappa shape index (κ1) is 30.8. The van der Waals surface area contributed by atoms with Crippen LogP contribution in [0.15, 0.2) is 48.5 Å². The van der Waals surface area contributed by atoms with Crippen molar-refractivity contribution in [3.8, 4) is 29.6 Å². The maximum atomic E-state index is 6.84. The van der Waals surface area contributed by atoms with Crippen molar-refractivity contribution < 1.29 is 13.6 Å². The van der Waals surface area contributed by atoms with Gasteiger partial charge in [-0.2, -0.15) is 0 Å². The number of ether oxygens (including phenoxy) is 1. The molecule has 0 heterocycles. The molecule has 5 heteroatoms. The van der Waals surface area contributed by atoms with E-state index >= 15 is 0 Å². The van der Waals surface area contributed by atoms with Crippen molar-refractivity contribution in [1.82, 2.24) is 0 Å². The van der Waals surface area contributed by atoms with E-state index in [9.17, 15) is 0 Å². The zero-order valence-electron chi connectivity index (χ0n) is 25.2. The fourth-order valence-electron chi connectivity index (χ4n) is 3.33. The summed E-state index contributed by atoms with van der Waals surface area (Å²) < 4.78 is 20.0. The van der Waals surface area contributed by atoms with E-state index in [1.54, 1.807) is 0 Å². The molecular formula is C32H48O3Si2. The number of hydrogen-bond donors (Lipinski definition) is 0. The third-order valence-corrected chi connectivity index (χ3v) is 16.6. The molecule has 2 aromatic carbocycles. The lowest BCUT2D eigenvalue weighted by atomic mass is 10.0. The van der Waals surface area contributed by atoms with Gasteiger partial charge in [0.25, 0.3) is 16.6 Å². The number of benzene rings is 2. The molecule has 0 aromatic heterocycles. The number of allylic oxidation sites excluding steroid dienone is 2. The number of hydrogen-bond acceptors (Lipinski definition) is 3. The van der Waals surface area contributed by atoms with Crippen LogP contribution in [0, 0.1) is 12.3 Å². The van der Waals surface area contributed by atoms with Crippen LogP contribution in [0.1, 0.15) is 79.0 Å². The zero-order chi connectivity index (χ0) is 28.2. The Labute approximate surface area is 228 Å². The van der Waals surface area contributed by atoms with Crippen molar-refractivity contribution in [3.05, 3.63) is 59.7 Å². The van der Waals surface area contributed by atoms with E-state index in [1.807, 2.05) is 18.2 Å². The van der Waals surface area contributed by atoms with Gasteiger partial charge in [-0.3, -0.25) is 0 Å². The van der Waals surface area contributed by atoms with Crippen molar-refractivity contribution in [2.75, 3.05) is 0 Å². The molecule has 0 saturated heterocycles. The highest BCUT2D eigenvalue weighted by molar-refractivity contribution is 6.75. The molecule has 0 aliphatic carbocycles. The van der Waals surface area contributed by atoms with Gasteiger partial charge < -0.3 is 13.6 Å². The number of rotatable bonds is 9. The Kier molecular flexibility index (Phi) is 9.60. The topological polar surface area (TPSA) is 27.7 Å². The summed E-state index contributed by atoms with van der Waals surface area (Å²) in [6.07, 6.45) is 8.05. The molecule has 3 nitrogen and oxygen atoms in total. The molecule has 1 unspecified atom stereocenters. The summed E-state index contributed by atoms with van der Waals surface area (Å²) in [7, 11) is -4.14. The van der Waals surface area contributed by atoms with Crippen LogP contribution >= 0.6 is 0 Å². The maximum Gasteiger partial charge on any atom is 0.250 e. The van der Waals surface area contributed by atoms with Crippen molar-refractivity contribution in [1.29, 1.82) is 0 Å². The second-order valence-electron chi connectivity index (χ2n) is 12.9. The molecule has 2 rings (SSSR count). The molecule has 0 radical (unpaired) electrons. The smallest absolute Gasteiger partial charge is 0.250 e. The quantitative estimate of drug-likeness (QED) is 0.236. The van der Waals surface area contributed by atoms with Crippen molar-refractivity contribution >= 4 is 22.2 Å². The average molecular weight is 537 g/mol. The minimum Gasteiger partial charge on any atom is -0.541 e. The standard InChI is InChI=1S/C32H48O3Si2/c1-14-17-25(15-2)27-18-16-19-28(22-27)33-24(3)26-20-21-29(34-36(10,11)31(4,5)6)30(23-26)35-37(12,13)32(7,8)9/h1,16-24H,15H2,2-13H3. The monoisotopic (exact) mass is 536 g/mol. The van der Waals surface area contributed by atoms with Gasteiger partial charge in [0.05, 0.1) is 0 Å². The van der Waals surface area contributed by atoms with E-state index in [0.29, 0.717) is 0 Å². The van der Waals surface area contributed by atoms with Gasteiger partial charge in [0.2, 0.25) is 0 Å². The predicted molar refractivity (Wildman–Crippen MR) is 165 cm³/mol. The molecule has 0 aliphatic rings. The second-order valence-corrected chi connectivity index (χ2v) is 22.4. The summed E-state index contributed by atoms with van der Waals surface area (Å²) in [5, 5.41) is 0.162. The third kappa shape index (κ3) is 7.78. The SMILES string of the molecule is C#CC=C(CC)c1cccc(OC(C)c2ccc(O[Si](C)(C)C(C)(C)C)c(O[Si](C)(C)C(C)(C)C)c2)c1. The third-order valence-electron chi connectivity index (χ3n) is 7.94. The molecule has 37 heavy (non-hydrogen) atoms. The van der Waals surface area contributed by atoms with Crippen LogP contribution in [-0.4, -0.2) is 16.6 Å². The average Bonchev–Trinajstić information content (AvgIpc) is 2.76. The van der Waals surface area contributed by atoms with Crippen LogP contribution in [0.2, 0.25) is 36.3 Å². The van der Waals surface area contributed by atoms with Gasteiger partial charge >= 0.3 is 0 Å². The Balaban J connectivity index is 2.45. The molecule has 2 aromatic rings. The zero-order valence-corrected chi connectivity index (χ0v) is 27.2. The highest BCUT2D eigenvalue weighted by Crippen LogP contribution is 2.44. The first-order chi connectivity index (χ1) is 16.9. The highest BCUT2D eigenvalue weighted by Gasteiger charge is 2.42. The Bertz CT molecular complexity index is 1140. The van der Waals surface area contributed by atoms with E-state index in [-0.39, 0.29) is 16.2 Å². The van der Waals surface area contributed by atoms with Crippen LogP contribution in [0.25, 0.3) is 5.57 Å². The number of terminal acetylenes is 1. The highest BCUT2D eigenvalue weighted by atomic mass is 28.4. The van der Waals surface area contributed by atoms with Gasteiger partial charge in [-0.25, -0.2) is 0 Å². The molecule has 0 bridgehead atoms. The summed E-state index contributed by atoms with van der Waals surface area (Å²) in [6, 6.07) is 14.4. The van der Waals surface area contributed by atoms with E-state index in [0.717, 1.165) is 40.4 Å². The first-order valence-electron chi connectivity index (χ1n) is 13.4. The maximum absolute atomic E-state index is 6.84. The van der Waals surface area contributed by atoms with Crippen molar-refractivity contribution in [2.45, 2.75) is 104 Å². The van der Waals surface area contributed by atoms with Crippen LogP contribution in [-0.2, 0) is 0 Å². The fraction of sp³-hybridized carbons (Fsp3) is 0.500. The summed E-state index contributed by atoms with van der Waals surface area (Å²) in [4.78, 5) is 0. The van der Waals surface area contributed by atoms with Gasteiger partial charge in [-0.05, 0) is 96.7 Å². The van der Waals surface area contributed by atoms with Crippen LogP contribution in [0.5, 0.6) is 17.2 Å². The van der Waals surface area contributed by atoms with E-state index in [2.05, 4.69) is 118 Å². The van der Waals surface area contributed by atoms with Gasteiger partial charge in [-0.15, -0.1) is 6.42 Å². The molecule has 0 spiro atoms. The van der Waals surface area contributed by atoms with Gasteiger partial charge in [0, 0.05) is 0 Å². The molecule has 0 N–H and O–H groups in total. The van der Waals surface area contributed by atoms with Crippen LogP contribution < -0.4 is 13.6 Å². The lowest BCUT2D eigenvalue weighted by molar-refractivity contribution is 0.226. The van der Waals surface area contributed by atoms with E-state index < -0.39 is 16.6 Å². The molecule has 1 atom stereocenters. The summed E-state index contributed by atoms with van der Waals surface area (Å²) in [6.45, 7) is 26.8. The minimum absolute atomic E-state index is 0.0721. The second kappa shape index (κ2) is 11.5. The van der Waals surface area contributed by atoms with E-state index in [1.165, 1.54) is 0 Å². The summed E-state index contributed by atoms with van der Waals surface area (Å²) >= 11 is 0. The predicted octanol–water partition coefficient (Wildman–Crippen LogP) is 10.0. The molecule has 0 saturated carbocycles. The van der Waals surface area contributed by atoms with Gasteiger partial charge in [0.1, 0.15) is 23.4 Å². The van der Waals surface area contributed by atoms with Gasteiger partial charge in [0.15, 0.2) is 0 Å². The molecule has 0 aliphatic heterocycles. The largest absolute Gasteiger partial charge is 0.541 e. The van der Waals surface area contributed by atoms with E-state index in [4.69, 9.17) is 20.0 Å². The minimum atomic E-state index is -2.09. The van der Waals surface area contributed by atoms with Crippen molar-refractivity contribution in [3.63, 3.8) is 0 Å². The lowest BCUT2D eigenvalue weighted by Gasteiger charge is -2.40. The normalized spacial score (nSPS) is 14.1. The van der Waals surface area contributed by atoms with Gasteiger partial charge in [-0.1, -0.05) is 72.6 Å². The Morgan fingerprint density at radius 3 is 1.97 bits per heavy atom. The van der Waals surface area contributed by atoms with Crippen LogP contribution in [0.4, 0.5) is 0 Å².